The van der Waals surface area contributed by atoms with Gasteiger partial charge in [0, 0.05) is 12.7 Å². The summed E-state index contributed by atoms with van der Waals surface area (Å²) in [6, 6.07) is 12.5. The predicted octanol–water partition coefficient (Wildman–Crippen LogP) is 2.77. The van der Waals surface area contributed by atoms with E-state index in [9.17, 15) is 14.7 Å². The van der Waals surface area contributed by atoms with Gasteiger partial charge in [-0.1, -0.05) is 18.2 Å². The number of hydrogen-bond acceptors (Lipinski definition) is 4. The molecule has 0 radical (unpaired) electrons. The maximum absolute atomic E-state index is 12.5. The summed E-state index contributed by atoms with van der Waals surface area (Å²) in [5.74, 6) is -0.00410. The van der Waals surface area contributed by atoms with Gasteiger partial charge >= 0.3 is 5.97 Å². The van der Waals surface area contributed by atoms with Crippen molar-refractivity contribution in [3.63, 3.8) is 0 Å². The molecule has 128 valence electrons. The molecule has 0 atom stereocenters. The fourth-order valence-electron chi connectivity index (χ4n) is 2.80. The molecule has 2 aromatic carbocycles. The molecule has 6 heteroatoms. The number of carboxylic acids is 1. The summed E-state index contributed by atoms with van der Waals surface area (Å²) in [6.07, 6.45) is 1.36. The molecule has 1 heterocycles. The Labute approximate surface area is 143 Å². The Kier molecular flexibility index (Phi) is 4.43. The number of nitrogens with zero attached hydrogens (tertiary/aromatic N) is 1. The molecule has 0 amide bonds. The first-order chi connectivity index (χ1) is 12.0. The van der Waals surface area contributed by atoms with Crippen LogP contribution >= 0.6 is 0 Å². The van der Waals surface area contributed by atoms with E-state index >= 15 is 0 Å². The lowest BCUT2D eigenvalue weighted by Gasteiger charge is -2.15. The highest BCUT2D eigenvalue weighted by molar-refractivity contribution is 5.94. The van der Waals surface area contributed by atoms with Crippen LogP contribution < -0.4 is 14.9 Å². The van der Waals surface area contributed by atoms with Crippen LogP contribution in [-0.4, -0.2) is 29.9 Å². The number of para-hydroxylation sites is 1. The van der Waals surface area contributed by atoms with Gasteiger partial charge < -0.3 is 19.1 Å². The number of methoxy groups -OCH3 is 2. The number of carboxylic acid groups (broad SMARTS) is 1. The minimum Gasteiger partial charge on any atom is -0.497 e. The van der Waals surface area contributed by atoms with Crippen molar-refractivity contribution in [2.75, 3.05) is 14.2 Å². The first-order valence-corrected chi connectivity index (χ1v) is 7.61. The Balaban J connectivity index is 2.22. The molecule has 1 aromatic heterocycles. The predicted molar refractivity (Wildman–Crippen MR) is 93.8 cm³/mol. The van der Waals surface area contributed by atoms with E-state index < -0.39 is 11.4 Å². The lowest BCUT2D eigenvalue weighted by molar-refractivity contribution is 0.0695. The van der Waals surface area contributed by atoms with Gasteiger partial charge in [-0.3, -0.25) is 4.79 Å². The van der Waals surface area contributed by atoms with E-state index in [4.69, 9.17) is 9.47 Å². The highest BCUT2D eigenvalue weighted by atomic mass is 16.5. The molecule has 0 unspecified atom stereocenters. The first kappa shape index (κ1) is 16.6. The zero-order chi connectivity index (χ0) is 18.0. The second-order valence-corrected chi connectivity index (χ2v) is 5.51. The summed E-state index contributed by atoms with van der Waals surface area (Å²) in [7, 11) is 3.11. The largest absolute Gasteiger partial charge is 0.497 e. The highest BCUT2D eigenvalue weighted by Crippen LogP contribution is 2.25. The van der Waals surface area contributed by atoms with Gasteiger partial charge in [0.15, 0.2) is 0 Å². The van der Waals surface area contributed by atoms with Crippen LogP contribution in [0.1, 0.15) is 15.9 Å². The first-order valence-electron chi connectivity index (χ1n) is 7.61. The van der Waals surface area contributed by atoms with E-state index in [1.165, 1.54) is 13.3 Å². The van der Waals surface area contributed by atoms with Gasteiger partial charge in [-0.25, -0.2) is 4.79 Å². The molecule has 0 aliphatic heterocycles. The molecule has 3 aromatic rings. The Morgan fingerprint density at radius 1 is 1.08 bits per heavy atom. The number of ether oxygens (including phenoxy) is 2. The standard InChI is InChI=1S/C19H17NO5/c1-24-13-8-6-12(7-9-13)10-20-11-15(19(22)23)18(21)14-4-3-5-16(25-2)17(14)20/h3-9,11H,10H2,1-2H3,(H,22,23). The molecule has 6 nitrogen and oxygen atoms in total. The van der Waals surface area contributed by atoms with Crippen molar-refractivity contribution in [2.24, 2.45) is 0 Å². The molecule has 25 heavy (non-hydrogen) atoms. The van der Waals surface area contributed by atoms with Crippen molar-refractivity contribution >= 4 is 16.9 Å². The van der Waals surface area contributed by atoms with Crippen molar-refractivity contribution in [2.45, 2.75) is 6.54 Å². The summed E-state index contributed by atoms with van der Waals surface area (Å²) in [6.45, 7) is 0.390. The number of aromatic nitrogens is 1. The maximum Gasteiger partial charge on any atom is 0.341 e. The van der Waals surface area contributed by atoms with Gasteiger partial charge in [0.1, 0.15) is 17.1 Å². The minimum absolute atomic E-state index is 0.269. The fourth-order valence-corrected chi connectivity index (χ4v) is 2.80. The van der Waals surface area contributed by atoms with Gasteiger partial charge in [-0.15, -0.1) is 0 Å². The SMILES string of the molecule is COc1ccc(Cn2cc(C(=O)O)c(=O)c3cccc(OC)c32)cc1. The number of pyridine rings is 1. The molecule has 1 N–H and O–H groups in total. The second-order valence-electron chi connectivity index (χ2n) is 5.51. The Hall–Kier alpha value is -3.28. The monoisotopic (exact) mass is 339 g/mol. The minimum atomic E-state index is -1.25. The van der Waals surface area contributed by atoms with Crippen LogP contribution in [0.3, 0.4) is 0 Å². The van der Waals surface area contributed by atoms with E-state index in [2.05, 4.69) is 0 Å². The number of benzene rings is 2. The van der Waals surface area contributed by atoms with Crippen molar-refractivity contribution in [1.29, 1.82) is 0 Å². The van der Waals surface area contributed by atoms with Crippen molar-refractivity contribution < 1.29 is 19.4 Å². The number of rotatable bonds is 5. The third kappa shape index (κ3) is 3.06. The molecule has 0 aliphatic carbocycles. The zero-order valence-corrected chi connectivity index (χ0v) is 13.9. The van der Waals surface area contributed by atoms with E-state index in [1.807, 2.05) is 24.3 Å². The van der Waals surface area contributed by atoms with Crippen molar-refractivity contribution in [1.82, 2.24) is 4.57 Å². The van der Waals surface area contributed by atoms with Gasteiger partial charge in [0.2, 0.25) is 5.43 Å². The Morgan fingerprint density at radius 3 is 2.40 bits per heavy atom. The normalized spacial score (nSPS) is 10.6. The third-order valence-corrected chi connectivity index (χ3v) is 4.02. The second kappa shape index (κ2) is 6.68. The van der Waals surface area contributed by atoms with Gasteiger partial charge in [0.25, 0.3) is 0 Å². The van der Waals surface area contributed by atoms with Crippen LogP contribution in [0, 0.1) is 0 Å². The zero-order valence-electron chi connectivity index (χ0n) is 13.9. The fraction of sp³-hybridized carbons (Fsp3) is 0.158. The van der Waals surface area contributed by atoms with E-state index in [0.29, 0.717) is 23.2 Å². The molecule has 0 saturated carbocycles. The Morgan fingerprint density at radius 2 is 1.80 bits per heavy atom. The lowest BCUT2D eigenvalue weighted by atomic mass is 10.1. The molecule has 0 saturated heterocycles. The Bertz CT molecular complexity index is 989. The summed E-state index contributed by atoms with van der Waals surface area (Å²) in [5, 5.41) is 9.66. The summed E-state index contributed by atoms with van der Waals surface area (Å²) >= 11 is 0. The topological polar surface area (TPSA) is 77.8 Å². The molecule has 0 fully saturated rings. The number of fused-ring (bicyclic) bond motifs is 1. The van der Waals surface area contributed by atoms with Crippen LogP contribution in [0.5, 0.6) is 11.5 Å². The van der Waals surface area contributed by atoms with Crippen LogP contribution in [0.2, 0.25) is 0 Å². The molecule has 3 rings (SSSR count). The van der Waals surface area contributed by atoms with E-state index in [-0.39, 0.29) is 5.56 Å². The van der Waals surface area contributed by atoms with Gasteiger partial charge in [-0.2, -0.15) is 0 Å². The van der Waals surface area contributed by atoms with Crippen LogP contribution in [0.15, 0.2) is 53.5 Å². The highest BCUT2D eigenvalue weighted by Gasteiger charge is 2.17. The molecular weight excluding hydrogens is 322 g/mol. The third-order valence-electron chi connectivity index (χ3n) is 4.02. The van der Waals surface area contributed by atoms with Crippen LogP contribution in [0.4, 0.5) is 0 Å². The maximum atomic E-state index is 12.5. The average Bonchev–Trinajstić information content (AvgIpc) is 2.63. The molecular formula is C19H17NO5. The quantitative estimate of drug-likeness (QED) is 0.773. The summed E-state index contributed by atoms with van der Waals surface area (Å²) in [4.78, 5) is 23.9. The van der Waals surface area contributed by atoms with E-state index in [0.717, 1.165) is 11.3 Å². The van der Waals surface area contributed by atoms with Crippen LogP contribution in [-0.2, 0) is 6.54 Å². The smallest absolute Gasteiger partial charge is 0.341 e. The number of aromatic carboxylic acids is 1. The number of carbonyl (C=O) groups is 1. The molecule has 0 bridgehead atoms. The summed E-state index contributed by atoms with van der Waals surface area (Å²) < 4.78 is 12.2. The number of hydrogen-bond donors (Lipinski definition) is 1. The van der Waals surface area contributed by atoms with Crippen molar-refractivity contribution in [3.05, 3.63) is 70.0 Å². The lowest BCUT2D eigenvalue weighted by Crippen LogP contribution is -2.19. The molecule has 0 spiro atoms. The van der Waals surface area contributed by atoms with Gasteiger partial charge in [-0.05, 0) is 29.8 Å². The van der Waals surface area contributed by atoms with Gasteiger partial charge in [0.05, 0.1) is 25.1 Å². The van der Waals surface area contributed by atoms with Crippen LogP contribution in [0.25, 0.3) is 10.9 Å². The van der Waals surface area contributed by atoms with E-state index in [1.54, 1.807) is 29.9 Å². The molecule has 0 aliphatic rings. The average molecular weight is 339 g/mol. The summed E-state index contributed by atoms with van der Waals surface area (Å²) in [5.41, 5.74) is 0.713. The van der Waals surface area contributed by atoms with Crippen molar-refractivity contribution in [3.8, 4) is 11.5 Å².